The zero-order valence-electron chi connectivity index (χ0n) is 11.6. The van der Waals surface area contributed by atoms with Gasteiger partial charge in [0.1, 0.15) is 17.5 Å². The summed E-state index contributed by atoms with van der Waals surface area (Å²) in [7, 11) is 0. The molecule has 1 aromatic carbocycles. The van der Waals surface area contributed by atoms with Crippen molar-refractivity contribution in [2.45, 2.75) is 26.5 Å². The maximum atomic E-state index is 8.98. The molecule has 0 aliphatic carbocycles. The van der Waals surface area contributed by atoms with E-state index >= 15 is 0 Å². The van der Waals surface area contributed by atoms with Crippen molar-refractivity contribution in [2.24, 2.45) is 0 Å². The summed E-state index contributed by atoms with van der Waals surface area (Å²) in [5.74, 6) is 0.852. The zero-order valence-corrected chi connectivity index (χ0v) is 11.6. The molecule has 4 nitrogen and oxygen atoms in total. The fourth-order valence-electron chi connectivity index (χ4n) is 1.80. The fraction of sp³-hybridized carbons (Fsp3) is 0.250. The summed E-state index contributed by atoms with van der Waals surface area (Å²) in [5.41, 5.74) is 2.33. The molecule has 0 aliphatic heterocycles. The van der Waals surface area contributed by atoms with Gasteiger partial charge in [-0.25, -0.2) is 4.98 Å². The van der Waals surface area contributed by atoms with Gasteiger partial charge in [-0.1, -0.05) is 6.07 Å². The van der Waals surface area contributed by atoms with Gasteiger partial charge in [-0.2, -0.15) is 5.26 Å². The molecule has 0 amide bonds. The van der Waals surface area contributed by atoms with Crippen LogP contribution in [0.25, 0.3) is 0 Å². The first-order chi connectivity index (χ1) is 9.69. The van der Waals surface area contributed by atoms with E-state index in [0.29, 0.717) is 12.2 Å². The van der Waals surface area contributed by atoms with Crippen LogP contribution >= 0.6 is 0 Å². The molecular formula is C16H17N3O. The third-order valence-corrected chi connectivity index (χ3v) is 2.71. The van der Waals surface area contributed by atoms with Crippen molar-refractivity contribution < 1.29 is 4.74 Å². The van der Waals surface area contributed by atoms with Crippen molar-refractivity contribution in [3.05, 3.63) is 53.9 Å². The minimum atomic E-state index is 0.169. The zero-order chi connectivity index (χ0) is 14.4. The Balaban J connectivity index is 1.99. The van der Waals surface area contributed by atoms with Crippen LogP contribution in [0.1, 0.15) is 25.1 Å². The Morgan fingerprint density at radius 2 is 2.00 bits per heavy atom. The maximum Gasteiger partial charge on any atom is 0.145 e. The average molecular weight is 267 g/mol. The van der Waals surface area contributed by atoms with Crippen LogP contribution in [0.3, 0.4) is 0 Å². The van der Waals surface area contributed by atoms with Crippen molar-refractivity contribution in [1.82, 2.24) is 4.98 Å². The maximum absolute atomic E-state index is 8.98. The number of rotatable bonds is 5. The molecule has 102 valence electrons. The Hall–Kier alpha value is -2.54. The highest BCUT2D eigenvalue weighted by molar-refractivity contribution is 5.47. The molecule has 2 aromatic rings. The summed E-state index contributed by atoms with van der Waals surface area (Å²) in [5, 5.41) is 12.2. The third-order valence-electron chi connectivity index (χ3n) is 2.71. The smallest absolute Gasteiger partial charge is 0.145 e. The molecule has 2 rings (SSSR count). The minimum absolute atomic E-state index is 0.169. The summed E-state index contributed by atoms with van der Waals surface area (Å²) in [6.45, 7) is 4.57. The lowest BCUT2D eigenvalue weighted by atomic mass is 10.2. The van der Waals surface area contributed by atoms with Gasteiger partial charge < -0.3 is 10.1 Å². The molecule has 4 heteroatoms. The highest BCUT2D eigenvalue weighted by atomic mass is 16.5. The Morgan fingerprint density at radius 1 is 1.25 bits per heavy atom. The number of nitrogens with zero attached hydrogens (tertiary/aromatic N) is 2. The second-order valence-electron chi connectivity index (χ2n) is 4.67. The van der Waals surface area contributed by atoms with E-state index in [0.717, 1.165) is 17.0 Å². The summed E-state index contributed by atoms with van der Waals surface area (Å²) in [6.07, 6.45) is 1.79. The Morgan fingerprint density at radius 3 is 2.65 bits per heavy atom. The second kappa shape index (κ2) is 6.58. The highest BCUT2D eigenvalue weighted by Gasteiger charge is 2.02. The second-order valence-corrected chi connectivity index (χ2v) is 4.67. The number of aromatic nitrogens is 1. The summed E-state index contributed by atoms with van der Waals surface area (Å²) in [6, 6.07) is 13.6. The van der Waals surface area contributed by atoms with E-state index in [-0.39, 0.29) is 6.10 Å². The topological polar surface area (TPSA) is 57.9 Å². The Labute approximate surface area is 119 Å². The van der Waals surface area contributed by atoms with Gasteiger partial charge in [0.25, 0.3) is 0 Å². The molecule has 0 aliphatic rings. The van der Waals surface area contributed by atoms with E-state index in [4.69, 9.17) is 10.00 Å². The lowest BCUT2D eigenvalue weighted by Gasteiger charge is -2.11. The molecule has 0 radical (unpaired) electrons. The molecule has 0 saturated heterocycles. The fourth-order valence-corrected chi connectivity index (χ4v) is 1.80. The molecular weight excluding hydrogens is 250 g/mol. The van der Waals surface area contributed by atoms with Crippen molar-refractivity contribution in [2.75, 3.05) is 5.32 Å². The molecule has 1 N–H and O–H groups in total. The molecule has 0 spiro atoms. The van der Waals surface area contributed by atoms with Crippen molar-refractivity contribution in [3.63, 3.8) is 0 Å². The molecule has 0 unspecified atom stereocenters. The van der Waals surface area contributed by atoms with Gasteiger partial charge in [0, 0.05) is 24.0 Å². The number of nitrogens with one attached hydrogen (secondary N) is 1. The first kappa shape index (κ1) is 13.9. The molecule has 0 bridgehead atoms. The monoisotopic (exact) mass is 267 g/mol. The van der Waals surface area contributed by atoms with Gasteiger partial charge in [-0.3, -0.25) is 0 Å². The van der Waals surface area contributed by atoms with Gasteiger partial charge in [0.05, 0.1) is 6.10 Å². The number of pyridine rings is 1. The standard InChI is InChI=1S/C16H17N3O/c1-12(2)20-15-7-5-14(6-8-15)19-11-13-4-3-9-18-16(13)10-17/h3-9,12,19H,11H2,1-2H3. The first-order valence-electron chi connectivity index (χ1n) is 6.53. The van der Waals surface area contributed by atoms with Crippen molar-refractivity contribution >= 4 is 5.69 Å². The van der Waals surface area contributed by atoms with Crippen LogP contribution in [0.4, 0.5) is 5.69 Å². The number of ether oxygens (including phenoxy) is 1. The summed E-state index contributed by atoms with van der Waals surface area (Å²) >= 11 is 0. The van der Waals surface area contributed by atoms with Gasteiger partial charge >= 0.3 is 0 Å². The number of nitriles is 1. The average Bonchev–Trinajstić information content (AvgIpc) is 2.46. The van der Waals surface area contributed by atoms with Gasteiger partial charge in [-0.15, -0.1) is 0 Å². The SMILES string of the molecule is CC(C)Oc1ccc(NCc2cccnc2C#N)cc1. The number of anilines is 1. The normalized spacial score (nSPS) is 10.1. The first-order valence-corrected chi connectivity index (χ1v) is 6.53. The Kier molecular flexibility index (Phi) is 4.56. The van der Waals surface area contributed by atoms with Gasteiger partial charge in [0.2, 0.25) is 0 Å². The van der Waals surface area contributed by atoms with Crippen LogP contribution in [0.15, 0.2) is 42.6 Å². The number of benzene rings is 1. The number of hydrogen-bond acceptors (Lipinski definition) is 4. The van der Waals surface area contributed by atoms with Gasteiger partial charge in [-0.05, 0) is 44.2 Å². The van der Waals surface area contributed by atoms with Crippen LogP contribution in [0, 0.1) is 11.3 Å². The van der Waals surface area contributed by atoms with Crippen molar-refractivity contribution in [1.29, 1.82) is 5.26 Å². The Bertz CT molecular complexity index is 600. The molecule has 0 fully saturated rings. The summed E-state index contributed by atoms with van der Waals surface area (Å²) in [4.78, 5) is 4.04. The number of hydrogen-bond donors (Lipinski definition) is 1. The largest absolute Gasteiger partial charge is 0.491 e. The van der Waals surface area contributed by atoms with E-state index in [1.165, 1.54) is 0 Å². The van der Waals surface area contributed by atoms with Crippen LogP contribution in [-0.4, -0.2) is 11.1 Å². The van der Waals surface area contributed by atoms with E-state index < -0.39 is 0 Å². The molecule has 1 heterocycles. The molecule has 20 heavy (non-hydrogen) atoms. The highest BCUT2D eigenvalue weighted by Crippen LogP contribution is 2.17. The van der Waals surface area contributed by atoms with Crippen LogP contribution in [-0.2, 0) is 6.54 Å². The molecule has 1 aromatic heterocycles. The molecule has 0 atom stereocenters. The lowest BCUT2D eigenvalue weighted by Crippen LogP contribution is -2.06. The predicted molar refractivity (Wildman–Crippen MR) is 78.5 cm³/mol. The van der Waals surface area contributed by atoms with Crippen LogP contribution < -0.4 is 10.1 Å². The minimum Gasteiger partial charge on any atom is -0.491 e. The van der Waals surface area contributed by atoms with Gasteiger partial charge in [0.15, 0.2) is 0 Å². The van der Waals surface area contributed by atoms with Crippen LogP contribution in [0.5, 0.6) is 5.75 Å². The summed E-state index contributed by atoms with van der Waals surface area (Å²) < 4.78 is 5.59. The van der Waals surface area contributed by atoms with E-state index in [1.54, 1.807) is 6.20 Å². The van der Waals surface area contributed by atoms with Crippen LogP contribution in [0.2, 0.25) is 0 Å². The van der Waals surface area contributed by atoms with E-state index in [9.17, 15) is 0 Å². The van der Waals surface area contributed by atoms with E-state index in [2.05, 4.69) is 16.4 Å². The van der Waals surface area contributed by atoms with E-state index in [1.807, 2.05) is 50.2 Å². The van der Waals surface area contributed by atoms with Crippen molar-refractivity contribution in [3.8, 4) is 11.8 Å². The third kappa shape index (κ3) is 3.72. The molecule has 0 saturated carbocycles. The lowest BCUT2D eigenvalue weighted by molar-refractivity contribution is 0.242. The quantitative estimate of drug-likeness (QED) is 0.902. The predicted octanol–water partition coefficient (Wildman–Crippen LogP) is 3.35.